The average Bonchev–Trinajstić information content (AvgIpc) is 2.57. The topological polar surface area (TPSA) is 42.8 Å². The van der Waals surface area contributed by atoms with Gasteiger partial charge in [0.15, 0.2) is 6.54 Å². The number of amides is 1. The lowest BCUT2D eigenvalue weighted by Crippen LogP contribution is -3.09. The minimum atomic E-state index is 0.0796. The summed E-state index contributed by atoms with van der Waals surface area (Å²) in [5.74, 6) is 0.949. The number of carbonyl (C=O) groups is 1. The normalized spacial score (nSPS) is 11.8. The van der Waals surface area contributed by atoms with Gasteiger partial charge in [-0.15, -0.1) is 0 Å². The number of carbonyl (C=O) groups excluding carboxylic acids is 1. The summed E-state index contributed by atoms with van der Waals surface area (Å²) in [6.07, 6.45) is 0.770. The maximum Gasteiger partial charge on any atom is 0.275 e. The average molecular weight is 327 g/mol. The van der Waals surface area contributed by atoms with E-state index in [1.165, 1.54) is 16.0 Å². The third-order valence-corrected chi connectivity index (χ3v) is 4.12. The zero-order valence-corrected chi connectivity index (χ0v) is 14.8. The maximum atomic E-state index is 12.1. The van der Waals surface area contributed by atoms with Gasteiger partial charge in [-0.2, -0.15) is 0 Å². The van der Waals surface area contributed by atoms with E-state index in [0.717, 1.165) is 24.3 Å². The third-order valence-electron chi connectivity index (χ3n) is 4.12. The second kappa shape index (κ2) is 9.08. The third kappa shape index (κ3) is 5.39. The Morgan fingerprint density at radius 1 is 1.08 bits per heavy atom. The molecule has 4 nitrogen and oxygen atoms in total. The van der Waals surface area contributed by atoms with Gasteiger partial charge < -0.3 is 15.0 Å². The summed E-state index contributed by atoms with van der Waals surface area (Å²) >= 11 is 0. The lowest BCUT2D eigenvalue weighted by molar-refractivity contribution is -0.885. The van der Waals surface area contributed by atoms with E-state index in [1.54, 1.807) is 7.11 Å². The van der Waals surface area contributed by atoms with Crippen molar-refractivity contribution < 1.29 is 14.4 Å². The number of aryl methyl sites for hydroxylation is 1. The van der Waals surface area contributed by atoms with Crippen molar-refractivity contribution >= 4 is 5.91 Å². The Kier molecular flexibility index (Phi) is 6.82. The molecule has 0 aliphatic carbocycles. The molecule has 0 heterocycles. The first kappa shape index (κ1) is 18.0. The predicted octanol–water partition coefficient (Wildman–Crippen LogP) is 1.38. The van der Waals surface area contributed by atoms with Crippen LogP contribution in [0, 0.1) is 6.92 Å². The number of hydrogen-bond donors (Lipinski definition) is 2. The standard InChI is InChI=1S/C20H26N2O2/c1-16-8-4-5-10-18(16)14-22(2)15-20(23)21-13-12-17-9-6-7-11-19(17)24-3/h4-11H,12-15H2,1-3H3,(H,21,23)/p+1. The van der Waals surface area contributed by atoms with Crippen molar-refractivity contribution in [2.24, 2.45) is 0 Å². The Bertz CT molecular complexity index is 670. The van der Waals surface area contributed by atoms with Gasteiger partial charge in [-0.05, 0) is 30.5 Å². The molecule has 0 bridgehead atoms. The summed E-state index contributed by atoms with van der Waals surface area (Å²) < 4.78 is 5.33. The van der Waals surface area contributed by atoms with Gasteiger partial charge in [0.1, 0.15) is 12.3 Å². The molecule has 1 unspecified atom stereocenters. The fraction of sp³-hybridized carbons (Fsp3) is 0.350. The van der Waals surface area contributed by atoms with Crippen LogP contribution in [0.25, 0.3) is 0 Å². The molecule has 4 heteroatoms. The predicted molar refractivity (Wildman–Crippen MR) is 96.3 cm³/mol. The van der Waals surface area contributed by atoms with E-state index in [1.807, 2.05) is 43.4 Å². The molecular weight excluding hydrogens is 300 g/mol. The number of benzene rings is 2. The molecule has 0 aliphatic rings. The van der Waals surface area contributed by atoms with Crippen molar-refractivity contribution in [2.75, 3.05) is 27.2 Å². The molecule has 0 saturated heterocycles. The number of rotatable bonds is 8. The zero-order valence-electron chi connectivity index (χ0n) is 14.8. The van der Waals surface area contributed by atoms with Crippen molar-refractivity contribution in [3.63, 3.8) is 0 Å². The Balaban J connectivity index is 1.76. The summed E-state index contributed by atoms with van der Waals surface area (Å²) in [6.45, 7) is 4.06. The van der Waals surface area contributed by atoms with Crippen molar-refractivity contribution in [1.29, 1.82) is 0 Å². The second-order valence-electron chi connectivity index (χ2n) is 6.15. The Morgan fingerprint density at radius 2 is 1.75 bits per heavy atom. The van der Waals surface area contributed by atoms with Gasteiger partial charge in [-0.1, -0.05) is 42.5 Å². The molecule has 24 heavy (non-hydrogen) atoms. The van der Waals surface area contributed by atoms with Gasteiger partial charge in [0.2, 0.25) is 0 Å². The van der Waals surface area contributed by atoms with Crippen LogP contribution in [0.2, 0.25) is 0 Å². The van der Waals surface area contributed by atoms with Crippen LogP contribution < -0.4 is 15.0 Å². The SMILES string of the molecule is COc1ccccc1CCNC(=O)C[NH+](C)Cc1ccccc1C. The van der Waals surface area contributed by atoms with E-state index < -0.39 is 0 Å². The smallest absolute Gasteiger partial charge is 0.275 e. The van der Waals surface area contributed by atoms with Crippen molar-refractivity contribution in [1.82, 2.24) is 5.32 Å². The van der Waals surface area contributed by atoms with Gasteiger partial charge in [-0.3, -0.25) is 4.79 Å². The molecule has 1 atom stereocenters. The quantitative estimate of drug-likeness (QED) is 0.769. The molecule has 2 aromatic rings. The van der Waals surface area contributed by atoms with Crippen molar-refractivity contribution in [3.05, 3.63) is 65.2 Å². The van der Waals surface area contributed by atoms with E-state index in [-0.39, 0.29) is 5.91 Å². The molecule has 1 amide bonds. The molecule has 128 valence electrons. The van der Waals surface area contributed by atoms with E-state index in [0.29, 0.717) is 13.1 Å². The lowest BCUT2D eigenvalue weighted by Gasteiger charge is -2.15. The monoisotopic (exact) mass is 327 g/mol. The minimum Gasteiger partial charge on any atom is -0.496 e. The number of methoxy groups -OCH3 is 1. The first-order valence-corrected chi connectivity index (χ1v) is 8.34. The number of para-hydroxylation sites is 1. The van der Waals surface area contributed by atoms with Crippen LogP contribution in [0.15, 0.2) is 48.5 Å². The van der Waals surface area contributed by atoms with Crippen LogP contribution in [-0.2, 0) is 17.8 Å². The fourth-order valence-electron chi connectivity index (χ4n) is 2.78. The highest BCUT2D eigenvalue weighted by molar-refractivity contribution is 5.76. The first-order chi connectivity index (χ1) is 11.6. The molecular formula is C20H27N2O2+. The first-order valence-electron chi connectivity index (χ1n) is 8.34. The summed E-state index contributed by atoms with van der Waals surface area (Å²) in [6, 6.07) is 16.2. The molecule has 0 aromatic heterocycles. The summed E-state index contributed by atoms with van der Waals surface area (Å²) in [5, 5.41) is 3.00. The molecule has 0 fully saturated rings. The van der Waals surface area contributed by atoms with Gasteiger partial charge in [-0.25, -0.2) is 0 Å². The van der Waals surface area contributed by atoms with E-state index in [2.05, 4.69) is 24.4 Å². The number of likely N-dealkylation sites (N-methyl/N-ethyl adjacent to an activating group) is 1. The number of quaternary nitrogens is 1. The van der Waals surface area contributed by atoms with Crippen LogP contribution in [0.5, 0.6) is 5.75 Å². The van der Waals surface area contributed by atoms with Gasteiger partial charge >= 0.3 is 0 Å². The highest BCUT2D eigenvalue weighted by Crippen LogP contribution is 2.17. The summed E-state index contributed by atoms with van der Waals surface area (Å²) in [7, 11) is 3.72. The number of hydrogen-bond acceptors (Lipinski definition) is 2. The van der Waals surface area contributed by atoms with E-state index in [4.69, 9.17) is 4.74 Å². The Morgan fingerprint density at radius 3 is 2.46 bits per heavy atom. The highest BCUT2D eigenvalue weighted by Gasteiger charge is 2.11. The number of ether oxygens (including phenoxy) is 1. The van der Waals surface area contributed by atoms with Crippen LogP contribution in [0.3, 0.4) is 0 Å². The molecule has 2 N–H and O–H groups in total. The Labute approximate surface area is 144 Å². The number of nitrogens with one attached hydrogen (secondary N) is 2. The molecule has 0 saturated carbocycles. The summed E-state index contributed by atoms with van der Waals surface area (Å²) in [4.78, 5) is 13.3. The van der Waals surface area contributed by atoms with E-state index in [9.17, 15) is 4.79 Å². The largest absolute Gasteiger partial charge is 0.496 e. The van der Waals surface area contributed by atoms with Gasteiger partial charge in [0, 0.05) is 12.1 Å². The van der Waals surface area contributed by atoms with Crippen LogP contribution in [0.4, 0.5) is 0 Å². The Hall–Kier alpha value is -2.33. The molecule has 0 aliphatic heterocycles. The summed E-state index contributed by atoms with van der Waals surface area (Å²) in [5.41, 5.74) is 3.67. The van der Waals surface area contributed by atoms with Crippen molar-refractivity contribution in [2.45, 2.75) is 19.9 Å². The molecule has 0 radical (unpaired) electrons. The van der Waals surface area contributed by atoms with Crippen LogP contribution >= 0.6 is 0 Å². The van der Waals surface area contributed by atoms with E-state index >= 15 is 0 Å². The van der Waals surface area contributed by atoms with Gasteiger partial charge in [0.25, 0.3) is 5.91 Å². The fourth-order valence-corrected chi connectivity index (χ4v) is 2.78. The highest BCUT2D eigenvalue weighted by atomic mass is 16.5. The van der Waals surface area contributed by atoms with Crippen LogP contribution in [-0.4, -0.2) is 33.2 Å². The second-order valence-corrected chi connectivity index (χ2v) is 6.15. The zero-order chi connectivity index (χ0) is 17.4. The van der Waals surface area contributed by atoms with Crippen LogP contribution in [0.1, 0.15) is 16.7 Å². The molecule has 2 rings (SSSR count). The lowest BCUT2D eigenvalue weighted by atomic mass is 10.1. The van der Waals surface area contributed by atoms with Crippen molar-refractivity contribution in [3.8, 4) is 5.75 Å². The molecule has 2 aromatic carbocycles. The van der Waals surface area contributed by atoms with Gasteiger partial charge in [0.05, 0.1) is 14.2 Å². The molecule has 0 spiro atoms. The maximum absolute atomic E-state index is 12.1. The minimum absolute atomic E-state index is 0.0796.